The highest BCUT2D eigenvalue weighted by Gasteiger charge is 2.39. The maximum absolute atomic E-state index is 14.3. The van der Waals surface area contributed by atoms with E-state index in [1.54, 1.807) is 23.1 Å². The summed E-state index contributed by atoms with van der Waals surface area (Å²) in [7, 11) is -3.58. The van der Waals surface area contributed by atoms with Gasteiger partial charge in [0.2, 0.25) is 15.9 Å². The van der Waals surface area contributed by atoms with Crippen LogP contribution in [0.4, 0.5) is 4.39 Å². The van der Waals surface area contributed by atoms with Gasteiger partial charge in [0.15, 0.2) is 0 Å². The van der Waals surface area contributed by atoms with Crippen molar-refractivity contribution < 1.29 is 17.6 Å². The fourth-order valence-corrected chi connectivity index (χ4v) is 6.81. The fraction of sp³-hybridized carbons (Fsp3) is 0.480. The van der Waals surface area contributed by atoms with Crippen molar-refractivity contribution in [3.05, 3.63) is 63.9 Å². The molecule has 176 valence electrons. The topological polar surface area (TPSA) is 57.7 Å². The lowest BCUT2D eigenvalue weighted by Gasteiger charge is -2.34. The van der Waals surface area contributed by atoms with Gasteiger partial charge in [0.1, 0.15) is 5.82 Å². The Balaban J connectivity index is 1.26. The summed E-state index contributed by atoms with van der Waals surface area (Å²) in [5.41, 5.74) is 2.72. The van der Waals surface area contributed by atoms with Crippen molar-refractivity contribution in [2.24, 2.45) is 5.92 Å². The van der Waals surface area contributed by atoms with Crippen LogP contribution in [0, 0.1) is 11.7 Å². The Hall–Kier alpha value is -1.96. The number of nitrogens with zero attached hydrogens (tertiary/aromatic N) is 2. The van der Waals surface area contributed by atoms with Crippen molar-refractivity contribution in [2.45, 2.75) is 62.4 Å². The molecule has 2 fully saturated rings. The molecule has 2 aromatic carbocycles. The Kier molecular flexibility index (Phi) is 6.23. The first-order valence-corrected chi connectivity index (χ1v) is 13.5. The Bertz CT molecular complexity index is 1150. The van der Waals surface area contributed by atoms with E-state index < -0.39 is 15.8 Å². The standard InChI is InChI=1S/C25H28ClFN2O3S/c26-23-5-2-6-24(27)22(23)16-29(20-8-9-20)25(30)18-11-13-28(14-12-18)33(31,32)21-10-7-17-3-1-4-19(17)15-21/h2,5-7,10,15,18,20H,1,3-4,8-9,11-14,16H2. The molecule has 0 bridgehead atoms. The largest absolute Gasteiger partial charge is 0.335 e. The highest BCUT2D eigenvalue weighted by Crippen LogP contribution is 2.34. The monoisotopic (exact) mass is 490 g/mol. The van der Waals surface area contributed by atoms with Crippen molar-refractivity contribution in [1.82, 2.24) is 9.21 Å². The van der Waals surface area contributed by atoms with Gasteiger partial charge in [0.25, 0.3) is 0 Å². The number of amides is 1. The number of carbonyl (C=O) groups excluding carboxylic acids is 1. The summed E-state index contributed by atoms with van der Waals surface area (Å²) in [5.74, 6) is -0.690. The number of piperidine rings is 1. The number of aryl methyl sites for hydroxylation is 2. The lowest BCUT2D eigenvalue weighted by Crippen LogP contribution is -2.45. The Labute approximate surface area is 199 Å². The molecule has 3 aliphatic rings. The maximum Gasteiger partial charge on any atom is 0.243 e. The van der Waals surface area contributed by atoms with Crippen LogP contribution < -0.4 is 0 Å². The van der Waals surface area contributed by atoms with Crippen molar-refractivity contribution in [3.63, 3.8) is 0 Å². The van der Waals surface area contributed by atoms with Gasteiger partial charge in [-0.05, 0) is 80.3 Å². The number of rotatable bonds is 6. The van der Waals surface area contributed by atoms with Gasteiger partial charge in [-0.15, -0.1) is 0 Å². The van der Waals surface area contributed by atoms with E-state index in [9.17, 15) is 17.6 Å². The minimum absolute atomic E-state index is 0.0219. The number of hydrogen-bond acceptors (Lipinski definition) is 3. The van der Waals surface area contributed by atoms with Gasteiger partial charge < -0.3 is 4.90 Å². The highest BCUT2D eigenvalue weighted by molar-refractivity contribution is 7.89. The molecule has 1 amide bonds. The van der Waals surface area contributed by atoms with Crippen LogP contribution in [0.5, 0.6) is 0 Å². The van der Waals surface area contributed by atoms with E-state index in [1.165, 1.54) is 15.9 Å². The van der Waals surface area contributed by atoms with Crippen LogP contribution in [0.2, 0.25) is 5.02 Å². The summed E-state index contributed by atoms with van der Waals surface area (Å²) < 4.78 is 42.2. The molecule has 8 heteroatoms. The molecule has 1 saturated heterocycles. The summed E-state index contributed by atoms with van der Waals surface area (Å²) in [6.45, 7) is 0.784. The average molecular weight is 491 g/mol. The van der Waals surface area contributed by atoms with E-state index >= 15 is 0 Å². The van der Waals surface area contributed by atoms with Crippen LogP contribution in [0.25, 0.3) is 0 Å². The molecule has 0 aromatic heterocycles. The Morgan fingerprint density at radius 2 is 1.79 bits per heavy atom. The lowest BCUT2D eigenvalue weighted by molar-refractivity contribution is -0.138. The summed E-state index contributed by atoms with van der Waals surface area (Å²) in [6, 6.07) is 10.1. The molecular weight excluding hydrogens is 463 g/mol. The lowest BCUT2D eigenvalue weighted by atomic mass is 9.96. The maximum atomic E-state index is 14.3. The predicted molar refractivity (Wildman–Crippen MR) is 125 cm³/mol. The van der Waals surface area contributed by atoms with Gasteiger partial charge in [-0.2, -0.15) is 4.31 Å². The van der Waals surface area contributed by atoms with Crippen LogP contribution in [-0.4, -0.2) is 42.7 Å². The first-order valence-electron chi connectivity index (χ1n) is 11.7. The fourth-order valence-electron chi connectivity index (χ4n) is 5.06. The van der Waals surface area contributed by atoms with E-state index in [4.69, 9.17) is 11.6 Å². The van der Waals surface area contributed by atoms with E-state index in [0.29, 0.717) is 41.4 Å². The van der Waals surface area contributed by atoms with Crippen molar-refractivity contribution in [3.8, 4) is 0 Å². The molecule has 0 unspecified atom stereocenters. The first kappa shape index (κ1) is 22.8. The van der Waals surface area contributed by atoms with Gasteiger partial charge in [0.05, 0.1) is 11.4 Å². The normalized spacial score (nSPS) is 19.5. The highest BCUT2D eigenvalue weighted by atomic mass is 35.5. The second-order valence-electron chi connectivity index (χ2n) is 9.36. The Morgan fingerprint density at radius 3 is 2.48 bits per heavy atom. The minimum Gasteiger partial charge on any atom is -0.335 e. The van der Waals surface area contributed by atoms with E-state index in [1.807, 2.05) is 12.1 Å². The number of halogens is 2. The average Bonchev–Trinajstić information content (AvgIpc) is 3.54. The van der Waals surface area contributed by atoms with Crippen molar-refractivity contribution in [1.29, 1.82) is 0 Å². The molecule has 0 atom stereocenters. The van der Waals surface area contributed by atoms with Crippen LogP contribution in [0.3, 0.4) is 0 Å². The van der Waals surface area contributed by atoms with Crippen molar-refractivity contribution >= 4 is 27.5 Å². The number of benzene rings is 2. The third kappa shape index (κ3) is 4.55. The summed E-state index contributed by atoms with van der Waals surface area (Å²) in [6.07, 6.45) is 5.76. The smallest absolute Gasteiger partial charge is 0.243 e. The van der Waals surface area contributed by atoms with Gasteiger partial charge >= 0.3 is 0 Å². The van der Waals surface area contributed by atoms with Gasteiger partial charge in [-0.1, -0.05) is 23.7 Å². The molecule has 2 aliphatic carbocycles. The molecule has 33 heavy (non-hydrogen) atoms. The van der Waals surface area contributed by atoms with E-state index in [-0.39, 0.29) is 24.4 Å². The number of carbonyl (C=O) groups is 1. The summed E-state index contributed by atoms with van der Waals surface area (Å²) in [5, 5.41) is 0.323. The molecule has 1 heterocycles. The zero-order chi connectivity index (χ0) is 23.2. The Morgan fingerprint density at radius 1 is 1.06 bits per heavy atom. The molecule has 0 spiro atoms. The van der Waals surface area contributed by atoms with Crippen molar-refractivity contribution in [2.75, 3.05) is 13.1 Å². The zero-order valence-corrected chi connectivity index (χ0v) is 20.0. The molecule has 5 rings (SSSR count). The van der Waals surface area contributed by atoms with Gasteiger partial charge in [0, 0.05) is 35.6 Å². The molecular formula is C25H28ClFN2O3S. The molecule has 0 N–H and O–H groups in total. The number of sulfonamides is 1. The summed E-state index contributed by atoms with van der Waals surface area (Å²) in [4.78, 5) is 15.5. The third-order valence-electron chi connectivity index (χ3n) is 7.17. The quantitative estimate of drug-likeness (QED) is 0.596. The number of hydrogen-bond donors (Lipinski definition) is 0. The number of fused-ring (bicyclic) bond motifs is 1. The minimum atomic E-state index is -3.58. The van der Waals surface area contributed by atoms with Crippen LogP contribution >= 0.6 is 11.6 Å². The van der Waals surface area contributed by atoms with Crippen LogP contribution in [-0.2, 0) is 34.2 Å². The van der Waals surface area contributed by atoms with Crippen LogP contribution in [0.1, 0.15) is 48.8 Å². The molecule has 1 aliphatic heterocycles. The summed E-state index contributed by atoms with van der Waals surface area (Å²) >= 11 is 6.20. The second-order valence-corrected chi connectivity index (χ2v) is 11.7. The first-order chi connectivity index (χ1) is 15.8. The van der Waals surface area contributed by atoms with E-state index in [2.05, 4.69) is 0 Å². The molecule has 0 radical (unpaired) electrons. The van der Waals surface area contributed by atoms with Gasteiger partial charge in [-0.25, -0.2) is 12.8 Å². The van der Waals surface area contributed by atoms with E-state index in [0.717, 1.165) is 37.7 Å². The second kappa shape index (κ2) is 9.01. The van der Waals surface area contributed by atoms with Gasteiger partial charge in [-0.3, -0.25) is 4.79 Å². The SMILES string of the molecule is O=C(C1CCN(S(=O)(=O)c2ccc3c(c2)CCC3)CC1)N(Cc1c(F)cccc1Cl)C1CC1. The predicted octanol–water partition coefficient (Wildman–Crippen LogP) is 4.56. The zero-order valence-electron chi connectivity index (χ0n) is 18.5. The third-order valence-corrected chi connectivity index (χ3v) is 9.42. The van der Waals surface area contributed by atoms with Crippen LogP contribution in [0.15, 0.2) is 41.3 Å². The molecule has 5 nitrogen and oxygen atoms in total. The molecule has 2 aromatic rings. The molecule has 1 saturated carbocycles.